The Morgan fingerprint density at radius 2 is 2.08 bits per heavy atom. The zero-order valence-corrected chi connectivity index (χ0v) is 7.97. The van der Waals surface area contributed by atoms with Crippen LogP contribution in [-0.2, 0) is 4.79 Å². The van der Waals surface area contributed by atoms with E-state index in [1.54, 1.807) is 7.05 Å². The molecule has 1 atom stereocenters. The molecular weight excluding hydrogens is 154 g/mol. The molecule has 0 rings (SSSR count). The zero-order chi connectivity index (χ0) is 9.40. The molecule has 0 heterocycles. The van der Waals surface area contributed by atoms with Gasteiger partial charge in [-0.15, -0.1) is 0 Å². The van der Waals surface area contributed by atoms with E-state index in [0.29, 0.717) is 0 Å². The van der Waals surface area contributed by atoms with Gasteiger partial charge in [-0.1, -0.05) is 32.6 Å². The van der Waals surface area contributed by atoms with Gasteiger partial charge in [0.05, 0.1) is 0 Å². The SMILES string of the molecule is CCCCCC[C@H](NC)C(=O)O. The summed E-state index contributed by atoms with van der Waals surface area (Å²) in [6.45, 7) is 2.15. The quantitative estimate of drug-likeness (QED) is 0.575. The second-order valence-corrected chi connectivity index (χ2v) is 3.03. The fourth-order valence-corrected chi connectivity index (χ4v) is 1.17. The van der Waals surface area contributed by atoms with E-state index < -0.39 is 5.97 Å². The van der Waals surface area contributed by atoms with Crippen LogP contribution in [0.15, 0.2) is 0 Å². The minimum atomic E-state index is -0.742. The first-order valence-corrected chi connectivity index (χ1v) is 4.62. The lowest BCUT2D eigenvalue weighted by molar-refractivity contribution is -0.139. The Hall–Kier alpha value is -0.570. The Morgan fingerprint density at radius 3 is 2.50 bits per heavy atom. The summed E-state index contributed by atoms with van der Waals surface area (Å²) in [5.74, 6) is -0.742. The summed E-state index contributed by atoms with van der Waals surface area (Å²) in [5, 5.41) is 11.4. The molecule has 0 spiro atoms. The van der Waals surface area contributed by atoms with Crippen molar-refractivity contribution in [3.8, 4) is 0 Å². The molecule has 0 amide bonds. The summed E-state index contributed by atoms with van der Waals surface area (Å²) < 4.78 is 0. The van der Waals surface area contributed by atoms with Crippen molar-refractivity contribution in [1.29, 1.82) is 0 Å². The molecular formula is C9H19NO2. The summed E-state index contributed by atoms with van der Waals surface area (Å²) in [5.41, 5.74) is 0. The van der Waals surface area contributed by atoms with Crippen molar-refractivity contribution >= 4 is 5.97 Å². The molecule has 0 fully saturated rings. The monoisotopic (exact) mass is 173 g/mol. The highest BCUT2D eigenvalue weighted by molar-refractivity contribution is 5.73. The van der Waals surface area contributed by atoms with E-state index in [1.165, 1.54) is 12.8 Å². The molecule has 0 aliphatic heterocycles. The molecule has 0 aromatic heterocycles. The average Bonchev–Trinajstić information content (AvgIpc) is 2.04. The summed E-state index contributed by atoms with van der Waals surface area (Å²) in [7, 11) is 1.69. The van der Waals surface area contributed by atoms with E-state index >= 15 is 0 Å². The number of aliphatic carboxylic acids is 1. The normalized spacial score (nSPS) is 12.8. The summed E-state index contributed by atoms with van der Waals surface area (Å²) >= 11 is 0. The van der Waals surface area contributed by atoms with Gasteiger partial charge in [0.2, 0.25) is 0 Å². The fraction of sp³-hybridized carbons (Fsp3) is 0.889. The van der Waals surface area contributed by atoms with Crippen molar-refractivity contribution in [3.63, 3.8) is 0 Å². The zero-order valence-electron chi connectivity index (χ0n) is 7.97. The Balaban J connectivity index is 3.38. The molecule has 0 radical (unpaired) electrons. The number of hydrogen-bond acceptors (Lipinski definition) is 2. The van der Waals surface area contributed by atoms with Crippen molar-refractivity contribution in [1.82, 2.24) is 5.32 Å². The maximum atomic E-state index is 10.5. The number of hydrogen-bond donors (Lipinski definition) is 2. The van der Waals surface area contributed by atoms with Crippen molar-refractivity contribution in [2.45, 2.75) is 45.1 Å². The molecule has 0 aliphatic carbocycles. The highest BCUT2D eigenvalue weighted by Crippen LogP contribution is 2.05. The number of carboxylic acid groups (broad SMARTS) is 1. The predicted molar refractivity (Wildman–Crippen MR) is 49.2 cm³/mol. The highest BCUT2D eigenvalue weighted by Gasteiger charge is 2.12. The Bertz CT molecular complexity index is 126. The van der Waals surface area contributed by atoms with Gasteiger partial charge >= 0.3 is 5.97 Å². The molecule has 0 saturated heterocycles. The van der Waals surface area contributed by atoms with Gasteiger partial charge in [0, 0.05) is 0 Å². The molecule has 12 heavy (non-hydrogen) atoms. The van der Waals surface area contributed by atoms with Crippen LogP contribution in [0.1, 0.15) is 39.0 Å². The average molecular weight is 173 g/mol. The van der Waals surface area contributed by atoms with Gasteiger partial charge in [0.15, 0.2) is 0 Å². The van der Waals surface area contributed by atoms with E-state index in [-0.39, 0.29) is 6.04 Å². The topological polar surface area (TPSA) is 49.3 Å². The van der Waals surface area contributed by atoms with Gasteiger partial charge in [0.25, 0.3) is 0 Å². The number of rotatable bonds is 7. The Labute approximate surface area is 74.2 Å². The van der Waals surface area contributed by atoms with Crippen molar-refractivity contribution < 1.29 is 9.90 Å². The third kappa shape index (κ3) is 5.13. The smallest absolute Gasteiger partial charge is 0.320 e. The van der Waals surface area contributed by atoms with Gasteiger partial charge < -0.3 is 10.4 Å². The largest absolute Gasteiger partial charge is 0.480 e. The first-order chi connectivity index (χ1) is 5.72. The van der Waals surface area contributed by atoms with Gasteiger partial charge in [-0.3, -0.25) is 4.79 Å². The third-order valence-electron chi connectivity index (χ3n) is 1.99. The number of nitrogens with one attached hydrogen (secondary N) is 1. The van der Waals surface area contributed by atoms with Crippen molar-refractivity contribution in [3.05, 3.63) is 0 Å². The third-order valence-corrected chi connectivity index (χ3v) is 1.99. The molecule has 0 saturated carbocycles. The molecule has 0 bridgehead atoms. The summed E-state index contributed by atoms with van der Waals surface area (Å²) in [6.07, 6.45) is 5.28. The van der Waals surface area contributed by atoms with Crippen LogP contribution in [-0.4, -0.2) is 24.2 Å². The summed E-state index contributed by atoms with van der Waals surface area (Å²) in [6, 6.07) is -0.359. The lowest BCUT2D eigenvalue weighted by Gasteiger charge is -2.09. The Morgan fingerprint density at radius 1 is 1.42 bits per heavy atom. The minimum absolute atomic E-state index is 0.359. The predicted octanol–water partition coefficient (Wildman–Crippen LogP) is 1.63. The molecule has 3 heteroatoms. The highest BCUT2D eigenvalue weighted by atomic mass is 16.4. The standard InChI is InChI=1S/C9H19NO2/c1-3-4-5-6-7-8(10-2)9(11)12/h8,10H,3-7H2,1-2H3,(H,11,12)/t8-/m0/s1. The molecule has 0 aromatic rings. The number of unbranched alkanes of at least 4 members (excludes halogenated alkanes) is 3. The molecule has 72 valence electrons. The van der Waals surface area contributed by atoms with E-state index in [9.17, 15) is 4.79 Å². The van der Waals surface area contributed by atoms with E-state index in [4.69, 9.17) is 5.11 Å². The van der Waals surface area contributed by atoms with E-state index in [0.717, 1.165) is 19.3 Å². The van der Waals surface area contributed by atoms with Gasteiger partial charge in [-0.25, -0.2) is 0 Å². The van der Waals surface area contributed by atoms with E-state index in [1.807, 2.05) is 0 Å². The first-order valence-electron chi connectivity index (χ1n) is 4.62. The van der Waals surface area contributed by atoms with E-state index in [2.05, 4.69) is 12.2 Å². The lowest BCUT2D eigenvalue weighted by atomic mass is 10.1. The molecule has 0 aliphatic rings. The van der Waals surface area contributed by atoms with Crippen LogP contribution < -0.4 is 5.32 Å². The fourth-order valence-electron chi connectivity index (χ4n) is 1.17. The second-order valence-electron chi connectivity index (χ2n) is 3.03. The first kappa shape index (κ1) is 11.4. The molecule has 0 aromatic carbocycles. The van der Waals surface area contributed by atoms with Crippen LogP contribution in [0.25, 0.3) is 0 Å². The molecule has 0 unspecified atom stereocenters. The van der Waals surface area contributed by atoms with Crippen LogP contribution in [0.3, 0.4) is 0 Å². The van der Waals surface area contributed by atoms with Gasteiger partial charge in [-0.05, 0) is 13.5 Å². The number of likely N-dealkylation sites (N-methyl/N-ethyl adjacent to an activating group) is 1. The van der Waals surface area contributed by atoms with Crippen LogP contribution in [0.4, 0.5) is 0 Å². The Kier molecular flexibility index (Phi) is 6.76. The second kappa shape index (κ2) is 7.10. The van der Waals surface area contributed by atoms with Crippen molar-refractivity contribution in [2.75, 3.05) is 7.05 Å². The summed E-state index contributed by atoms with van der Waals surface area (Å²) in [4.78, 5) is 10.5. The van der Waals surface area contributed by atoms with Gasteiger partial charge in [0.1, 0.15) is 6.04 Å². The maximum absolute atomic E-state index is 10.5. The van der Waals surface area contributed by atoms with Crippen molar-refractivity contribution in [2.24, 2.45) is 0 Å². The van der Waals surface area contributed by atoms with Crippen LogP contribution in [0.5, 0.6) is 0 Å². The van der Waals surface area contributed by atoms with Crippen LogP contribution >= 0.6 is 0 Å². The lowest BCUT2D eigenvalue weighted by Crippen LogP contribution is -2.33. The number of carbonyl (C=O) groups is 1. The van der Waals surface area contributed by atoms with Crippen LogP contribution in [0, 0.1) is 0 Å². The minimum Gasteiger partial charge on any atom is -0.480 e. The van der Waals surface area contributed by atoms with Crippen LogP contribution in [0.2, 0.25) is 0 Å². The number of carboxylic acids is 1. The molecule has 3 nitrogen and oxygen atoms in total. The maximum Gasteiger partial charge on any atom is 0.320 e. The molecule has 2 N–H and O–H groups in total. The van der Waals surface area contributed by atoms with Gasteiger partial charge in [-0.2, -0.15) is 0 Å².